The van der Waals surface area contributed by atoms with Crippen LogP contribution in [0.5, 0.6) is 0 Å². The summed E-state index contributed by atoms with van der Waals surface area (Å²) in [6.45, 7) is 37.4. The van der Waals surface area contributed by atoms with Gasteiger partial charge in [-0.3, -0.25) is 29.9 Å². The molecule has 0 N–H and O–H groups in total. The van der Waals surface area contributed by atoms with Crippen molar-refractivity contribution < 1.29 is 0 Å². The van der Waals surface area contributed by atoms with E-state index in [1.165, 1.54) is 277 Å². The minimum atomic E-state index is 0.974. The lowest BCUT2D eigenvalue weighted by Crippen LogP contribution is -1.93. The zero-order valence-electron chi connectivity index (χ0n) is 71.8. The lowest BCUT2D eigenvalue weighted by atomic mass is 9.92. The van der Waals surface area contributed by atoms with Gasteiger partial charge in [-0.05, 0) is 332 Å². The standard InChI is InChI=1S/5C19H17N.C18H15N/c1-11-4-7-18-14(8-11)9-17-15-6-5-12(2)13(3)16(15)10-19(17)20-18;1-11-4-6-14-9-17-15-7-5-12(2)13(3)16(15)10-19(17)20-18(14)8-11;1-11-7-8-14-16(13(11)3)10-19-17(14)9-15-12(2)5-4-6-18(15)20-19;1-11-8-17-16(13(3)12(11)2)9-18-19(17)15-7-5-4-6-14(15)10-20-18;1-11-8-12(2)18-16(13(11)3)9-17-19(18)15-7-5-4-6-14(15)10-20-17;1-11-7-8-15-16(12(11)2)9-17-18(15)14-6-4-3-5-13(14)10-19-17/h3*4-9H,10H2,1-3H3;2*4-8,10H,9H2,1-3H3;3-8,10H,9H2,1-2H3. The normalized spacial score (nSPS) is 12.5. The van der Waals surface area contributed by atoms with Crippen molar-refractivity contribution in [2.45, 2.75) is 156 Å². The Morgan fingerprint density at radius 1 is 0.193 bits per heavy atom. The van der Waals surface area contributed by atoms with E-state index in [0.717, 1.165) is 55.1 Å². The third-order valence-electron chi connectivity index (χ3n) is 27.6. The molecule has 6 heterocycles. The summed E-state index contributed by atoms with van der Waals surface area (Å²) in [5.41, 5.74) is 59.2. The monoisotopic (exact) mass is 1540 g/mol. The number of hydrogen-bond donors (Lipinski definition) is 0. The van der Waals surface area contributed by atoms with Gasteiger partial charge in [-0.1, -0.05) is 169 Å². The molecule has 6 aliphatic rings. The molecule has 0 unspecified atom stereocenters. The molecule has 0 saturated carbocycles. The molecule has 0 spiro atoms. The second-order valence-corrected chi connectivity index (χ2v) is 34.6. The average Bonchev–Trinajstić information content (AvgIpc) is 1.60. The van der Waals surface area contributed by atoms with Crippen molar-refractivity contribution in [2.75, 3.05) is 0 Å². The summed E-state index contributed by atoms with van der Waals surface area (Å²) in [5.74, 6) is 0. The minimum absolute atomic E-state index is 0.974. The molecule has 0 amide bonds. The Hall–Kier alpha value is -12.9. The Labute approximate surface area is 700 Å². The number of aromatic nitrogens is 6. The van der Waals surface area contributed by atoms with Crippen molar-refractivity contribution in [3.8, 4) is 66.8 Å². The molecule has 0 radical (unpaired) electrons. The van der Waals surface area contributed by atoms with Crippen LogP contribution in [0.15, 0.2) is 225 Å². The van der Waals surface area contributed by atoms with Crippen LogP contribution in [0.3, 0.4) is 0 Å². The predicted molar refractivity (Wildman–Crippen MR) is 500 cm³/mol. The van der Waals surface area contributed by atoms with E-state index in [1.54, 1.807) is 0 Å². The van der Waals surface area contributed by atoms with E-state index >= 15 is 0 Å². The van der Waals surface area contributed by atoms with Crippen molar-refractivity contribution in [3.05, 3.63) is 387 Å². The van der Waals surface area contributed by atoms with Crippen molar-refractivity contribution in [3.63, 3.8) is 0 Å². The SMILES string of the molecule is Cc1cc(C)c2c(c1C)Cc1ncc3ccccc3c1-2.Cc1cc2c(c(C)c1C)Cc1ncc3ccccc3c1-2.Cc1ccc2c(c1C)Cc1nc3cccc(C)c3cc1-2.Cc1ccc2c(c1C)Cc1ncc3ccccc3c1-2.Cc1ccc2cc3c(nc2c1)Cc1c-3ccc(C)c1C.Cc1ccc2nc3c(cc2c1)-c1ccc(C)c(C)c1C3. The molecule has 0 atom stereocenters. The molecule has 0 bridgehead atoms. The van der Waals surface area contributed by atoms with E-state index in [9.17, 15) is 0 Å². The van der Waals surface area contributed by atoms with Crippen LogP contribution in [0.1, 0.15) is 162 Å². The van der Waals surface area contributed by atoms with Crippen LogP contribution >= 0.6 is 0 Å². The number of fused-ring (bicyclic) bond motifs is 27. The summed E-state index contributed by atoms with van der Waals surface area (Å²) >= 11 is 0. The molecule has 6 aliphatic carbocycles. The van der Waals surface area contributed by atoms with Gasteiger partial charge in [0.25, 0.3) is 0 Å². The second-order valence-electron chi connectivity index (χ2n) is 34.6. The van der Waals surface area contributed by atoms with Crippen LogP contribution in [-0.4, -0.2) is 29.9 Å². The molecule has 119 heavy (non-hydrogen) atoms. The van der Waals surface area contributed by atoms with E-state index in [-0.39, 0.29) is 0 Å². The van der Waals surface area contributed by atoms with Crippen molar-refractivity contribution in [1.82, 2.24) is 29.9 Å². The fraction of sp³-hybridized carbons (Fsp3) is 0.204. The summed E-state index contributed by atoms with van der Waals surface area (Å²) in [4.78, 5) is 28.8. The highest BCUT2D eigenvalue weighted by Crippen LogP contribution is 2.49. The smallest absolute Gasteiger partial charge is 0.0708 e. The maximum atomic E-state index is 4.90. The van der Waals surface area contributed by atoms with Gasteiger partial charge in [0.2, 0.25) is 0 Å². The summed E-state index contributed by atoms with van der Waals surface area (Å²) in [6.07, 6.45) is 11.9. The molecule has 6 nitrogen and oxygen atoms in total. The molecule has 0 aliphatic heterocycles. The summed E-state index contributed by atoms with van der Waals surface area (Å²) < 4.78 is 0. The van der Waals surface area contributed by atoms with E-state index < -0.39 is 0 Å². The summed E-state index contributed by atoms with van der Waals surface area (Å²) in [6, 6.07) is 74.6. The zero-order valence-corrected chi connectivity index (χ0v) is 71.8. The third-order valence-corrected chi connectivity index (χ3v) is 27.6. The molecular formula is C113H100N6. The van der Waals surface area contributed by atoms with E-state index in [4.69, 9.17) is 24.9 Å². The van der Waals surface area contributed by atoms with E-state index in [1.807, 2.05) is 18.6 Å². The number of aryl methyl sites for hydroxylation is 10. The van der Waals surface area contributed by atoms with Gasteiger partial charge in [-0.15, -0.1) is 0 Å². The molecular weight excluding hydrogens is 1440 g/mol. The first-order valence-electron chi connectivity index (χ1n) is 42.4. The molecule has 6 heteroatoms. The summed E-state index contributed by atoms with van der Waals surface area (Å²) in [5, 5.41) is 11.4. The first-order chi connectivity index (χ1) is 57.5. The van der Waals surface area contributed by atoms with Gasteiger partial charge in [0.1, 0.15) is 0 Å². The third kappa shape index (κ3) is 13.2. The molecule has 18 aromatic rings. The maximum absolute atomic E-state index is 4.90. The molecule has 6 aromatic heterocycles. The molecule has 24 rings (SSSR count). The lowest BCUT2D eigenvalue weighted by Gasteiger charge is -2.12. The fourth-order valence-electron chi connectivity index (χ4n) is 19.8. The lowest BCUT2D eigenvalue weighted by molar-refractivity contribution is 1.10. The van der Waals surface area contributed by atoms with Gasteiger partial charge < -0.3 is 0 Å². The average molecular weight is 1540 g/mol. The second kappa shape index (κ2) is 29.9. The fourth-order valence-corrected chi connectivity index (χ4v) is 19.8. The Morgan fingerprint density at radius 3 is 1.14 bits per heavy atom. The van der Waals surface area contributed by atoms with Gasteiger partial charge in [0.15, 0.2) is 0 Å². The first kappa shape index (κ1) is 76.1. The van der Waals surface area contributed by atoms with Crippen LogP contribution in [0, 0.1) is 118 Å². The molecule has 582 valence electrons. The summed E-state index contributed by atoms with van der Waals surface area (Å²) in [7, 11) is 0. The molecule has 12 aromatic carbocycles. The highest BCUT2D eigenvalue weighted by molar-refractivity contribution is 6.04. The first-order valence-corrected chi connectivity index (χ1v) is 42.4. The Bertz CT molecular complexity index is 7360. The largest absolute Gasteiger partial charge is 0.260 e. The van der Waals surface area contributed by atoms with E-state index in [2.05, 4.69) is 329 Å². The number of benzene rings is 12. The van der Waals surface area contributed by atoms with Crippen molar-refractivity contribution >= 4 is 65.0 Å². The highest BCUT2D eigenvalue weighted by Gasteiger charge is 2.31. The Balaban J connectivity index is 0.0000000946. The van der Waals surface area contributed by atoms with Gasteiger partial charge in [0.05, 0.1) is 50.7 Å². The van der Waals surface area contributed by atoms with Crippen LogP contribution in [0.2, 0.25) is 0 Å². The number of rotatable bonds is 0. The number of nitrogens with zero attached hydrogens (tertiary/aromatic N) is 6. The van der Waals surface area contributed by atoms with Crippen LogP contribution in [-0.2, 0) is 38.5 Å². The van der Waals surface area contributed by atoms with Gasteiger partial charge in [0, 0.05) is 123 Å². The maximum Gasteiger partial charge on any atom is 0.0708 e. The topological polar surface area (TPSA) is 77.3 Å². The van der Waals surface area contributed by atoms with Crippen LogP contribution in [0.25, 0.3) is 132 Å². The Morgan fingerprint density at radius 2 is 0.597 bits per heavy atom. The Kier molecular flexibility index (Phi) is 19.1. The van der Waals surface area contributed by atoms with Gasteiger partial charge in [-0.2, -0.15) is 0 Å². The van der Waals surface area contributed by atoms with Crippen LogP contribution < -0.4 is 0 Å². The predicted octanol–water partition coefficient (Wildman–Crippen LogP) is 28.1. The minimum Gasteiger partial charge on any atom is -0.260 e. The molecule has 0 fully saturated rings. The number of hydrogen-bond acceptors (Lipinski definition) is 6. The zero-order chi connectivity index (χ0) is 82.2. The van der Waals surface area contributed by atoms with E-state index in [0.29, 0.717) is 0 Å². The van der Waals surface area contributed by atoms with Crippen LogP contribution in [0.4, 0.5) is 0 Å². The quantitative estimate of drug-likeness (QED) is 0.151. The van der Waals surface area contributed by atoms with Gasteiger partial charge in [-0.25, -0.2) is 0 Å². The number of pyridine rings is 6. The molecule has 0 saturated heterocycles. The van der Waals surface area contributed by atoms with Gasteiger partial charge >= 0.3 is 0 Å². The highest BCUT2D eigenvalue weighted by atomic mass is 14.7. The van der Waals surface area contributed by atoms with Crippen molar-refractivity contribution in [2.24, 2.45) is 0 Å². The van der Waals surface area contributed by atoms with Crippen molar-refractivity contribution in [1.29, 1.82) is 0 Å².